The number of fused-ring (bicyclic) bond motifs is 2. The fourth-order valence-electron chi connectivity index (χ4n) is 6.43. The second-order valence-electron chi connectivity index (χ2n) is 9.52. The maximum Gasteiger partial charge on any atom is 0.266 e. The van der Waals surface area contributed by atoms with Crippen LogP contribution in [0, 0.1) is 16.7 Å². The van der Waals surface area contributed by atoms with Gasteiger partial charge in [-0.2, -0.15) is 15.4 Å². The summed E-state index contributed by atoms with van der Waals surface area (Å²) in [5.74, 6) is -1.51. The zero-order chi connectivity index (χ0) is 26.1. The zero-order valence-electron chi connectivity index (χ0n) is 20.1. The lowest BCUT2D eigenvalue weighted by Crippen LogP contribution is -2.52. The van der Waals surface area contributed by atoms with Crippen molar-refractivity contribution in [1.82, 2.24) is 0 Å². The van der Waals surface area contributed by atoms with Gasteiger partial charge in [-0.1, -0.05) is 64.5 Å². The molecule has 0 saturated heterocycles. The van der Waals surface area contributed by atoms with E-state index in [-0.39, 0.29) is 23.1 Å². The Hall–Kier alpha value is -4.22. The van der Waals surface area contributed by atoms with Crippen LogP contribution in [-0.4, -0.2) is 24.6 Å². The predicted molar refractivity (Wildman–Crippen MR) is 145 cm³/mol. The first kappa shape index (κ1) is 23.2. The van der Waals surface area contributed by atoms with Crippen LogP contribution in [0.15, 0.2) is 99.7 Å². The van der Waals surface area contributed by atoms with Gasteiger partial charge < -0.3 is 10.6 Å². The molecule has 182 valence electrons. The van der Waals surface area contributed by atoms with Crippen molar-refractivity contribution in [3.05, 3.63) is 106 Å². The maximum atomic E-state index is 14.6. The lowest BCUT2D eigenvalue weighted by Gasteiger charge is -2.39. The normalized spacial score (nSPS) is 26.3. The summed E-state index contributed by atoms with van der Waals surface area (Å²) in [4.78, 5) is 30.5. The minimum Gasteiger partial charge on any atom is -0.400 e. The third-order valence-electron chi connectivity index (χ3n) is 7.95. The highest BCUT2D eigenvalue weighted by atomic mass is 79.9. The third-order valence-corrected chi connectivity index (χ3v) is 8.48. The van der Waals surface area contributed by atoms with E-state index in [1.165, 1.54) is 5.01 Å². The Bertz CT molecular complexity index is 1590. The Labute approximate surface area is 222 Å². The number of hydrogen-bond acceptors (Lipinski definition) is 5. The Morgan fingerprint density at radius 2 is 1.59 bits per heavy atom. The number of para-hydroxylation sites is 2. The number of anilines is 2. The van der Waals surface area contributed by atoms with Crippen molar-refractivity contribution in [2.24, 2.45) is 16.3 Å². The fraction of sp³-hybridized carbons (Fsp3) is 0.172. The summed E-state index contributed by atoms with van der Waals surface area (Å²) in [6, 6.07) is 26.3. The van der Waals surface area contributed by atoms with Crippen LogP contribution in [0.3, 0.4) is 0 Å². The van der Waals surface area contributed by atoms with E-state index in [1.807, 2.05) is 66.7 Å². The van der Waals surface area contributed by atoms with Gasteiger partial charge in [-0.15, -0.1) is 0 Å². The van der Waals surface area contributed by atoms with Gasteiger partial charge in [-0.05, 0) is 48.4 Å². The molecule has 3 aromatic rings. The number of likely N-dealkylation sites (N-methyl/N-ethyl adjacent to an activating group) is 1. The van der Waals surface area contributed by atoms with Crippen LogP contribution < -0.4 is 15.6 Å². The van der Waals surface area contributed by atoms with Crippen LogP contribution in [0.2, 0.25) is 0 Å². The second kappa shape index (κ2) is 7.89. The lowest BCUT2D eigenvalue weighted by molar-refractivity contribution is -0.125. The molecule has 3 atom stereocenters. The summed E-state index contributed by atoms with van der Waals surface area (Å²) in [6.45, 7) is 1.75. The van der Waals surface area contributed by atoms with E-state index in [4.69, 9.17) is 5.73 Å². The molecule has 3 aliphatic rings. The molecule has 2 heterocycles. The molecule has 2 spiro atoms. The van der Waals surface area contributed by atoms with Crippen molar-refractivity contribution < 1.29 is 9.59 Å². The Morgan fingerprint density at radius 1 is 0.946 bits per heavy atom. The number of amides is 2. The lowest BCUT2D eigenvalue weighted by atomic mass is 9.59. The number of hydrogen-bond donors (Lipinski definition) is 1. The highest BCUT2D eigenvalue weighted by molar-refractivity contribution is 9.10. The van der Waals surface area contributed by atoms with Crippen LogP contribution >= 0.6 is 15.9 Å². The fourth-order valence-corrected chi connectivity index (χ4v) is 6.69. The van der Waals surface area contributed by atoms with Crippen molar-refractivity contribution in [3.8, 4) is 6.07 Å². The SMILES string of the molecule is CC1=NN(c2ccccc2)C(=O)[C@@]12C(N)=C(C#N)[C@@]1(C(=O)N(C)c3ccccc31)[C@H]2c1ccc(Br)cc1. The van der Waals surface area contributed by atoms with Crippen molar-refractivity contribution >= 4 is 44.8 Å². The van der Waals surface area contributed by atoms with E-state index in [9.17, 15) is 14.9 Å². The van der Waals surface area contributed by atoms with Crippen molar-refractivity contribution in [2.45, 2.75) is 18.3 Å². The molecule has 0 unspecified atom stereocenters. The molecular formula is C29H22BrN5O2. The van der Waals surface area contributed by atoms with Gasteiger partial charge in [0.25, 0.3) is 5.91 Å². The number of benzene rings is 3. The van der Waals surface area contributed by atoms with Gasteiger partial charge in [0.05, 0.1) is 23.0 Å². The summed E-state index contributed by atoms with van der Waals surface area (Å²) < 4.78 is 0.850. The Morgan fingerprint density at radius 3 is 2.27 bits per heavy atom. The average Bonchev–Trinajstić information content (AvgIpc) is 3.41. The van der Waals surface area contributed by atoms with Crippen LogP contribution in [0.4, 0.5) is 11.4 Å². The molecule has 7 nitrogen and oxygen atoms in total. The van der Waals surface area contributed by atoms with Crippen molar-refractivity contribution in [1.29, 1.82) is 5.26 Å². The molecule has 3 aromatic carbocycles. The molecule has 2 aliphatic heterocycles. The van der Waals surface area contributed by atoms with Gasteiger partial charge in [0.2, 0.25) is 5.91 Å². The van der Waals surface area contributed by atoms with E-state index in [2.05, 4.69) is 27.1 Å². The Balaban J connectivity index is 1.72. The van der Waals surface area contributed by atoms with Gasteiger partial charge in [-0.3, -0.25) is 9.59 Å². The molecule has 0 saturated carbocycles. The molecule has 1 aliphatic carbocycles. The second-order valence-corrected chi connectivity index (χ2v) is 10.4. The molecule has 2 amide bonds. The topological polar surface area (TPSA) is 103 Å². The summed E-state index contributed by atoms with van der Waals surface area (Å²) in [5.41, 5.74) is 7.12. The van der Waals surface area contributed by atoms with Gasteiger partial charge >= 0.3 is 0 Å². The van der Waals surface area contributed by atoms with E-state index in [1.54, 1.807) is 31.0 Å². The first-order valence-electron chi connectivity index (χ1n) is 11.8. The number of rotatable bonds is 2. The molecular weight excluding hydrogens is 530 g/mol. The summed E-state index contributed by atoms with van der Waals surface area (Å²) in [5, 5.41) is 16.6. The largest absolute Gasteiger partial charge is 0.400 e. The van der Waals surface area contributed by atoms with Gasteiger partial charge in [0.15, 0.2) is 0 Å². The number of halogens is 1. The monoisotopic (exact) mass is 551 g/mol. The third kappa shape index (κ3) is 2.67. The molecule has 0 fully saturated rings. The van der Waals surface area contributed by atoms with E-state index >= 15 is 0 Å². The highest BCUT2D eigenvalue weighted by Gasteiger charge is 2.74. The molecule has 0 radical (unpaired) electrons. The molecule has 2 N–H and O–H groups in total. The predicted octanol–water partition coefficient (Wildman–Crippen LogP) is 4.61. The molecule has 37 heavy (non-hydrogen) atoms. The number of nitrogens with two attached hydrogens (primary N) is 1. The van der Waals surface area contributed by atoms with Gasteiger partial charge in [0.1, 0.15) is 10.8 Å². The van der Waals surface area contributed by atoms with E-state index in [0.717, 1.165) is 4.47 Å². The first-order chi connectivity index (χ1) is 17.8. The Kier molecular flexibility index (Phi) is 4.95. The number of nitriles is 1. The number of nitrogens with zero attached hydrogens (tertiary/aromatic N) is 4. The molecule has 8 heteroatoms. The quantitative estimate of drug-likeness (QED) is 0.502. The summed E-state index contributed by atoms with van der Waals surface area (Å²) in [7, 11) is 1.69. The van der Waals surface area contributed by atoms with Crippen LogP contribution in [0.5, 0.6) is 0 Å². The maximum absolute atomic E-state index is 14.6. The summed E-state index contributed by atoms with van der Waals surface area (Å²) in [6.07, 6.45) is 0. The van der Waals surface area contributed by atoms with E-state index in [0.29, 0.717) is 28.2 Å². The number of hydrazone groups is 1. The van der Waals surface area contributed by atoms with Crippen molar-refractivity contribution in [3.63, 3.8) is 0 Å². The minimum absolute atomic E-state index is 0.0750. The van der Waals surface area contributed by atoms with Gasteiger partial charge in [0, 0.05) is 28.8 Å². The van der Waals surface area contributed by atoms with Crippen molar-refractivity contribution in [2.75, 3.05) is 17.0 Å². The zero-order valence-corrected chi connectivity index (χ0v) is 21.7. The highest BCUT2D eigenvalue weighted by Crippen LogP contribution is 2.67. The van der Waals surface area contributed by atoms with Crippen LogP contribution in [0.25, 0.3) is 0 Å². The standard InChI is InChI=1S/C29H22BrN5O2/c1-17-28(27(37)35(33-17)20-8-4-3-5-9-20)24(18-12-14-19(30)15-13-18)29(22(16-31)25(28)32)21-10-6-7-11-23(21)34(2)26(29)36/h3-15,24H,32H2,1-2H3/t24-,28-,29+/m0/s1. The number of carbonyl (C=O) groups is 2. The van der Waals surface area contributed by atoms with Crippen LogP contribution in [-0.2, 0) is 15.0 Å². The number of carbonyl (C=O) groups excluding carboxylic acids is 2. The van der Waals surface area contributed by atoms with Gasteiger partial charge in [-0.25, -0.2) is 0 Å². The molecule has 6 rings (SSSR count). The average molecular weight is 552 g/mol. The summed E-state index contributed by atoms with van der Waals surface area (Å²) >= 11 is 3.49. The first-order valence-corrected chi connectivity index (χ1v) is 12.6. The van der Waals surface area contributed by atoms with E-state index < -0.39 is 16.7 Å². The minimum atomic E-state index is -1.53. The molecule has 0 bridgehead atoms. The smallest absolute Gasteiger partial charge is 0.266 e. The molecule has 0 aromatic heterocycles. The van der Waals surface area contributed by atoms with Crippen LogP contribution in [0.1, 0.15) is 24.0 Å².